The average molecular weight is 1800 g/mol. The zero-order chi connectivity index (χ0) is 55.6. The number of para-hydroxylation sites is 3. The maximum atomic E-state index is 10.0. The third-order valence-corrected chi connectivity index (χ3v) is 13.0. The maximum absolute atomic E-state index is 10.0. The first-order chi connectivity index (χ1) is 39.1. The molecular formula is C74H58Ir4N4O2-4. The third kappa shape index (κ3) is 18.2. The van der Waals surface area contributed by atoms with Gasteiger partial charge in [0.15, 0.2) is 5.78 Å². The molecule has 13 aromatic rings. The van der Waals surface area contributed by atoms with E-state index in [2.05, 4.69) is 151 Å². The quantitative estimate of drug-likeness (QED) is 0.101. The monoisotopic (exact) mass is 1810 g/mol. The molecule has 9 aromatic carbocycles. The molecule has 6 nitrogen and oxygen atoms in total. The molecule has 4 aromatic heterocycles. The number of fused-ring (bicyclic) bond motifs is 4. The summed E-state index contributed by atoms with van der Waals surface area (Å²) in [5, 5.41) is 14.3. The maximum Gasteiger partial charge on any atom is 0.155 e. The summed E-state index contributed by atoms with van der Waals surface area (Å²) < 4.78 is 0. The van der Waals surface area contributed by atoms with Crippen molar-refractivity contribution in [2.24, 2.45) is 0 Å². The van der Waals surface area contributed by atoms with Gasteiger partial charge in [-0.25, -0.2) is 0 Å². The molecule has 84 heavy (non-hydrogen) atoms. The van der Waals surface area contributed by atoms with Crippen LogP contribution >= 0.6 is 0 Å². The van der Waals surface area contributed by atoms with Crippen molar-refractivity contribution in [3.05, 3.63) is 302 Å². The number of pyridine rings is 4. The number of aliphatic hydroxyl groups excluding tert-OH is 1. The third-order valence-electron chi connectivity index (χ3n) is 13.0. The van der Waals surface area contributed by atoms with Gasteiger partial charge in [0.2, 0.25) is 0 Å². The SMILES string of the molecule is CC(=O)C=C(C)O.Cc1cc2ccccc2nc1-c1[c-]ccc(-c2c(C)cccc2C)c1.[Ir].[Ir].[Ir].[Ir].[c-]1ccccc1-c1ccc2ccccc2n1.[c-]1ccccc1-c1ccc2ccccc2n1.[c-]1ccccc1-c1nccc2ccccc12. The molecule has 0 aliphatic heterocycles. The second-order valence-electron chi connectivity index (χ2n) is 19.0. The van der Waals surface area contributed by atoms with Crippen LogP contribution in [0.5, 0.6) is 0 Å². The molecule has 1 N–H and O–H groups in total. The van der Waals surface area contributed by atoms with Gasteiger partial charge < -0.3 is 10.1 Å². The van der Waals surface area contributed by atoms with Gasteiger partial charge in [0.25, 0.3) is 0 Å². The normalized spacial score (nSPS) is 10.2. The van der Waals surface area contributed by atoms with Crippen molar-refractivity contribution < 1.29 is 90.3 Å². The Morgan fingerprint density at radius 1 is 0.405 bits per heavy atom. The number of hydrogen-bond donors (Lipinski definition) is 1. The summed E-state index contributed by atoms with van der Waals surface area (Å²) in [4.78, 5) is 28.6. The van der Waals surface area contributed by atoms with Crippen molar-refractivity contribution in [2.45, 2.75) is 34.6 Å². The number of aliphatic hydroxyl groups is 1. The van der Waals surface area contributed by atoms with Gasteiger partial charge in [0.1, 0.15) is 0 Å². The van der Waals surface area contributed by atoms with E-state index >= 15 is 0 Å². The Labute approximate surface area is 547 Å². The Morgan fingerprint density at radius 3 is 1.37 bits per heavy atom. The molecule has 13 rings (SSSR count). The van der Waals surface area contributed by atoms with Crippen LogP contribution in [0.4, 0.5) is 0 Å². The van der Waals surface area contributed by atoms with Crippen molar-refractivity contribution in [1.29, 1.82) is 0 Å². The largest absolute Gasteiger partial charge is 0.512 e. The Kier molecular flexibility index (Phi) is 26.9. The standard InChI is InChI=1S/C24H20N.3C15H10N.C5H8O2.4Ir/c1-16-8-6-9-17(2)23(16)20-11-7-12-21(15-20)24-18(3)14-19-10-4-5-13-22(19)25-24;1-2-7-13(8-3-1)15-14-9-5-4-6-12(14)10-11-16-15;2*1-2-6-12(7-3-1)15-11-10-13-8-4-5-9-14(13)16-15;1-4(6)3-5(2)7;;;;/h4-11,13-15H,1-3H3;1-7,9-11H;2*1-6,8-11H;3,6H,1-2H3;;;;/q4*-1;;;;;. The van der Waals surface area contributed by atoms with E-state index in [1.54, 1.807) is 0 Å². The van der Waals surface area contributed by atoms with Crippen LogP contribution in [0.25, 0.3) is 99.6 Å². The molecule has 4 radical (unpaired) electrons. The molecule has 0 atom stereocenters. The number of aryl methyl sites for hydroxylation is 3. The molecule has 0 aliphatic rings. The average Bonchev–Trinajstić information content (AvgIpc) is 2.92. The molecule has 0 amide bonds. The Balaban J connectivity index is 0.000000198. The van der Waals surface area contributed by atoms with Gasteiger partial charge in [-0.15, -0.1) is 143 Å². The number of aromatic nitrogens is 4. The van der Waals surface area contributed by atoms with Gasteiger partial charge in [-0.05, 0) is 125 Å². The number of rotatable bonds is 6. The number of benzene rings is 9. The molecule has 426 valence electrons. The van der Waals surface area contributed by atoms with Crippen LogP contribution in [-0.4, -0.2) is 30.8 Å². The number of carbonyl (C=O) groups excluding carboxylic acids is 1. The van der Waals surface area contributed by atoms with Crippen molar-refractivity contribution in [3.8, 4) is 56.2 Å². The number of ketones is 1. The predicted molar refractivity (Wildman–Crippen MR) is 331 cm³/mol. The van der Waals surface area contributed by atoms with Crippen LogP contribution in [0.3, 0.4) is 0 Å². The fourth-order valence-corrected chi connectivity index (χ4v) is 9.23. The van der Waals surface area contributed by atoms with Crippen LogP contribution in [0.1, 0.15) is 30.5 Å². The van der Waals surface area contributed by atoms with E-state index in [0.717, 1.165) is 61.6 Å². The second kappa shape index (κ2) is 33.7. The minimum Gasteiger partial charge on any atom is -0.512 e. The number of nitrogens with zero attached hydrogens (tertiary/aromatic N) is 4. The Morgan fingerprint density at radius 2 is 0.869 bits per heavy atom. The molecule has 4 heterocycles. The number of allylic oxidation sites excluding steroid dienone is 2. The first-order valence-electron chi connectivity index (χ1n) is 26.4. The Hall–Kier alpha value is -7.57. The molecule has 10 heteroatoms. The van der Waals surface area contributed by atoms with Crippen LogP contribution < -0.4 is 0 Å². The summed E-state index contributed by atoms with van der Waals surface area (Å²) in [6.45, 7) is 9.30. The summed E-state index contributed by atoms with van der Waals surface area (Å²) in [5.41, 5.74) is 17.5. The molecule has 0 fully saturated rings. The van der Waals surface area contributed by atoms with Crippen molar-refractivity contribution >= 4 is 49.3 Å². The Bertz CT molecular complexity index is 4090. The molecule has 0 saturated heterocycles. The zero-order valence-electron chi connectivity index (χ0n) is 46.7. The fourth-order valence-electron chi connectivity index (χ4n) is 9.23. The van der Waals surface area contributed by atoms with E-state index in [9.17, 15) is 4.79 Å². The topological polar surface area (TPSA) is 88.9 Å². The van der Waals surface area contributed by atoms with E-state index in [0.29, 0.717) is 0 Å². The molecule has 0 saturated carbocycles. The smallest absolute Gasteiger partial charge is 0.155 e. The summed E-state index contributed by atoms with van der Waals surface area (Å²) in [5.74, 6) is -0.0625. The van der Waals surface area contributed by atoms with Gasteiger partial charge in [-0.1, -0.05) is 133 Å². The molecule has 0 unspecified atom stereocenters. The van der Waals surface area contributed by atoms with Crippen molar-refractivity contribution in [3.63, 3.8) is 0 Å². The van der Waals surface area contributed by atoms with Crippen molar-refractivity contribution in [1.82, 2.24) is 19.9 Å². The second-order valence-corrected chi connectivity index (χ2v) is 19.0. The minimum absolute atomic E-state index is 0. The first-order valence-corrected chi connectivity index (χ1v) is 26.4. The van der Waals surface area contributed by atoms with E-state index in [4.69, 9.17) is 10.1 Å². The van der Waals surface area contributed by atoms with E-state index in [1.165, 1.54) is 74.7 Å². The fraction of sp³-hybridized carbons (Fsp3) is 0.0676. The predicted octanol–water partition coefficient (Wildman–Crippen LogP) is 18.4. The van der Waals surface area contributed by atoms with Gasteiger partial charge in [-0.2, -0.15) is 0 Å². The molecule has 0 spiro atoms. The minimum atomic E-state index is -0.125. The van der Waals surface area contributed by atoms with Gasteiger partial charge in [-0.3, -0.25) is 19.7 Å². The van der Waals surface area contributed by atoms with Crippen LogP contribution in [0.15, 0.2) is 261 Å². The van der Waals surface area contributed by atoms with Crippen LogP contribution in [0, 0.1) is 45.0 Å². The first kappa shape index (κ1) is 67.2. The summed E-state index contributed by atoms with van der Waals surface area (Å²) in [7, 11) is 0. The van der Waals surface area contributed by atoms with E-state index in [-0.39, 0.29) is 92.0 Å². The number of carbonyl (C=O) groups is 1. The van der Waals surface area contributed by atoms with Crippen LogP contribution in [0.2, 0.25) is 0 Å². The van der Waals surface area contributed by atoms with E-state index in [1.807, 2.05) is 158 Å². The number of hydrogen-bond acceptors (Lipinski definition) is 6. The van der Waals surface area contributed by atoms with Crippen LogP contribution in [-0.2, 0) is 85.2 Å². The van der Waals surface area contributed by atoms with Gasteiger partial charge in [0, 0.05) is 92.7 Å². The molecular weight excluding hydrogens is 1750 g/mol. The van der Waals surface area contributed by atoms with Crippen molar-refractivity contribution in [2.75, 3.05) is 0 Å². The summed E-state index contributed by atoms with van der Waals surface area (Å²) in [6, 6.07) is 94.8. The summed E-state index contributed by atoms with van der Waals surface area (Å²) >= 11 is 0. The van der Waals surface area contributed by atoms with Gasteiger partial charge in [0.05, 0.1) is 22.3 Å². The summed E-state index contributed by atoms with van der Waals surface area (Å²) in [6.07, 6.45) is 3.01. The van der Waals surface area contributed by atoms with Gasteiger partial charge >= 0.3 is 0 Å². The molecule has 0 bridgehead atoms. The molecule has 0 aliphatic carbocycles. The zero-order valence-corrected chi connectivity index (χ0v) is 56.3. The van der Waals surface area contributed by atoms with E-state index < -0.39 is 0 Å².